The second kappa shape index (κ2) is 11.1. The highest BCUT2D eigenvalue weighted by Crippen LogP contribution is 2.41. The van der Waals surface area contributed by atoms with Crippen LogP contribution in [0.1, 0.15) is 37.9 Å². The molecule has 2 aromatic heterocycles. The van der Waals surface area contributed by atoms with E-state index in [4.69, 9.17) is 37.6 Å². The molecule has 1 saturated carbocycles. The fraction of sp³-hybridized carbons (Fsp3) is 0.207. The van der Waals surface area contributed by atoms with Crippen LogP contribution in [0.5, 0.6) is 0 Å². The third-order valence-corrected chi connectivity index (χ3v) is 8.99. The molecule has 192 valence electrons. The molecule has 0 bridgehead atoms. The Morgan fingerprint density at radius 3 is 2.50 bits per heavy atom. The molecule has 4 aromatic rings. The molecule has 1 aliphatic carbocycles. The Hall–Kier alpha value is -2.84. The van der Waals surface area contributed by atoms with E-state index in [0.717, 1.165) is 36.9 Å². The minimum absolute atomic E-state index is 0.0470. The number of aromatic nitrogens is 1. The quantitative estimate of drug-likeness (QED) is 0.221. The molecule has 1 aliphatic heterocycles. The van der Waals surface area contributed by atoms with Crippen LogP contribution >= 0.6 is 46.3 Å². The molecule has 0 radical (unpaired) electrons. The summed E-state index contributed by atoms with van der Waals surface area (Å²) in [5, 5.41) is 4.32. The minimum atomic E-state index is -0.0470. The number of carbonyl (C=O) groups is 1. The molecule has 9 heteroatoms. The van der Waals surface area contributed by atoms with Crippen LogP contribution in [0, 0.1) is 0 Å². The number of rotatable bonds is 5. The van der Waals surface area contributed by atoms with Crippen molar-refractivity contribution in [2.45, 2.75) is 38.1 Å². The second-order valence-corrected chi connectivity index (χ2v) is 11.8. The molecule has 0 atom stereocenters. The molecule has 2 fully saturated rings. The van der Waals surface area contributed by atoms with Crippen molar-refractivity contribution < 1.29 is 9.21 Å². The largest absolute Gasteiger partial charge is 0.457 e. The van der Waals surface area contributed by atoms with E-state index in [9.17, 15) is 4.79 Å². The van der Waals surface area contributed by atoms with E-state index in [1.165, 1.54) is 29.5 Å². The van der Waals surface area contributed by atoms with Gasteiger partial charge >= 0.3 is 0 Å². The first kappa shape index (κ1) is 25.4. The van der Waals surface area contributed by atoms with Crippen molar-refractivity contribution in [1.29, 1.82) is 0 Å². The van der Waals surface area contributed by atoms with Gasteiger partial charge in [0.1, 0.15) is 11.5 Å². The van der Waals surface area contributed by atoms with Crippen LogP contribution in [-0.4, -0.2) is 27.0 Å². The maximum atomic E-state index is 13.7. The zero-order valence-electron chi connectivity index (χ0n) is 20.3. The third kappa shape index (κ3) is 5.21. The lowest BCUT2D eigenvalue weighted by atomic mass is 9.94. The average Bonchev–Trinajstić information content (AvgIpc) is 3.66. The Kier molecular flexibility index (Phi) is 7.43. The number of amides is 1. The standard InChI is InChI=1S/C29H23Cl2N3O2S2/c30-21-12-7-13-22(31)26(21)24-15-14-20(36-24)16-25-27(35)34(19-10-5-2-6-11-19)29(38-25)33-28-32-23(17-37-28)18-8-3-1-4-9-18/h1,3-4,7-9,12-17,19H,2,5-6,10-11H2/b25-16+,33-29+. The van der Waals surface area contributed by atoms with Gasteiger partial charge in [0.15, 0.2) is 5.17 Å². The van der Waals surface area contributed by atoms with E-state index in [-0.39, 0.29) is 11.9 Å². The molecule has 2 aliphatic rings. The van der Waals surface area contributed by atoms with Gasteiger partial charge in [-0.3, -0.25) is 9.69 Å². The monoisotopic (exact) mass is 579 g/mol. The van der Waals surface area contributed by atoms with Gasteiger partial charge in [0.05, 0.1) is 26.2 Å². The molecular formula is C29H23Cl2N3O2S2. The van der Waals surface area contributed by atoms with Crippen LogP contribution in [0.2, 0.25) is 10.0 Å². The number of hydrogen-bond acceptors (Lipinski definition) is 6. The Morgan fingerprint density at radius 2 is 1.74 bits per heavy atom. The van der Waals surface area contributed by atoms with Gasteiger partial charge in [0.2, 0.25) is 5.13 Å². The maximum absolute atomic E-state index is 13.7. The van der Waals surface area contributed by atoms with Crippen LogP contribution in [0.15, 0.2) is 80.4 Å². The summed E-state index contributed by atoms with van der Waals surface area (Å²) in [6.07, 6.45) is 7.15. The number of halogens is 2. The number of benzene rings is 2. The summed E-state index contributed by atoms with van der Waals surface area (Å²) in [6.45, 7) is 0. The van der Waals surface area contributed by atoms with Crippen LogP contribution < -0.4 is 0 Å². The Labute approximate surface area is 239 Å². The second-order valence-electron chi connectivity index (χ2n) is 9.15. The molecule has 38 heavy (non-hydrogen) atoms. The van der Waals surface area contributed by atoms with Gasteiger partial charge in [-0.05, 0) is 48.9 Å². The predicted octanol–water partition coefficient (Wildman–Crippen LogP) is 9.31. The van der Waals surface area contributed by atoms with E-state index >= 15 is 0 Å². The predicted molar refractivity (Wildman–Crippen MR) is 158 cm³/mol. The zero-order valence-corrected chi connectivity index (χ0v) is 23.4. The first-order valence-electron chi connectivity index (χ1n) is 12.4. The van der Waals surface area contributed by atoms with Gasteiger partial charge in [0, 0.05) is 23.1 Å². The number of furan rings is 1. The van der Waals surface area contributed by atoms with Crippen molar-refractivity contribution in [3.63, 3.8) is 0 Å². The van der Waals surface area contributed by atoms with Crippen molar-refractivity contribution in [2.24, 2.45) is 4.99 Å². The molecule has 6 rings (SSSR count). The van der Waals surface area contributed by atoms with E-state index in [1.54, 1.807) is 24.3 Å². The molecule has 0 unspecified atom stereocenters. The van der Waals surface area contributed by atoms with Crippen molar-refractivity contribution in [3.05, 3.63) is 86.8 Å². The number of thiazole rings is 1. The zero-order chi connectivity index (χ0) is 26.1. The highest BCUT2D eigenvalue weighted by molar-refractivity contribution is 8.18. The number of hydrogen-bond donors (Lipinski definition) is 0. The van der Waals surface area contributed by atoms with Crippen LogP contribution in [0.3, 0.4) is 0 Å². The topological polar surface area (TPSA) is 58.7 Å². The lowest BCUT2D eigenvalue weighted by Gasteiger charge is -2.30. The molecule has 1 saturated heterocycles. The Bertz CT molecular complexity index is 1520. The number of thioether (sulfide) groups is 1. The van der Waals surface area contributed by atoms with Crippen molar-refractivity contribution in [2.75, 3.05) is 0 Å². The molecular weight excluding hydrogens is 557 g/mol. The lowest BCUT2D eigenvalue weighted by molar-refractivity contribution is -0.124. The molecule has 2 aromatic carbocycles. The summed E-state index contributed by atoms with van der Waals surface area (Å²) in [6, 6.07) is 19.1. The summed E-state index contributed by atoms with van der Waals surface area (Å²) >= 11 is 15.6. The van der Waals surface area contributed by atoms with Gasteiger partial charge in [0.25, 0.3) is 5.91 Å². The molecule has 0 spiro atoms. The number of amidine groups is 1. The average molecular weight is 581 g/mol. The smallest absolute Gasteiger partial charge is 0.267 e. The Morgan fingerprint density at radius 1 is 0.974 bits per heavy atom. The van der Waals surface area contributed by atoms with Crippen molar-refractivity contribution in [1.82, 2.24) is 9.88 Å². The Balaban J connectivity index is 1.32. The highest BCUT2D eigenvalue weighted by Gasteiger charge is 2.39. The summed E-state index contributed by atoms with van der Waals surface area (Å²) in [7, 11) is 0. The third-order valence-electron chi connectivity index (χ3n) is 6.64. The normalized spacial score (nSPS) is 18.7. The van der Waals surface area contributed by atoms with Crippen LogP contribution in [0.4, 0.5) is 5.13 Å². The SMILES string of the molecule is O=C1/C(=C\c2ccc(-c3c(Cl)cccc3Cl)o2)S/C(=N/c2nc(-c3ccccc3)cs2)N1C1CCCCC1. The first-order chi connectivity index (χ1) is 18.6. The maximum Gasteiger partial charge on any atom is 0.267 e. The first-order valence-corrected chi connectivity index (χ1v) is 14.9. The summed E-state index contributed by atoms with van der Waals surface area (Å²) in [5.74, 6) is 1.06. The summed E-state index contributed by atoms with van der Waals surface area (Å²) in [4.78, 5) is 25.7. The van der Waals surface area contributed by atoms with E-state index in [1.807, 2.05) is 52.7 Å². The lowest BCUT2D eigenvalue weighted by Crippen LogP contribution is -2.40. The van der Waals surface area contributed by atoms with Gasteiger partial charge < -0.3 is 4.42 Å². The molecule has 5 nitrogen and oxygen atoms in total. The summed E-state index contributed by atoms with van der Waals surface area (Å²) < 4.78 is 6.05. The van der Waals surface area contributed by atoms with Crippen LogP contribution in [0.25, 0.3) is 28.7 Å². The van der Waals surface area contributed by atoms with E-state index in [2.05, 4.69) is 0 Å². The summed E-state index contributed by atoms with van der Waals surface area (Å²) in [5.41, 5.74) is 2.56. The molecule has 1 amide bonds. The van der Waals surface area contributed by atoms with Crippen molar-refractivity contribution >= 4 is 68.6 Å². The fourth-order valence-corrected chi connectivity index (χ4v) is 7.15. The van der Waals surface area contributed by atoms with Gasteiger partial charge in [-0.15, -0.1) is 11.3 Å². The van der Waals surface area contributed by atoms with E-state index < -0.39 is 0 Å². The molecule has 0 N–H and O–H groups in total. The highest BCUT2D eigenvalue weighted by atomic mass is 35.5. The van der Waals surface area contributed by atoms with Crippen molar-refractivity contribution in [3.8, 4) is 22.6 Å². The number of aliphatic imine (C=N–C) groups is 1. The molecule has 3 heterocycles. The number of nitrogens with zero attached hydrogens (tertiary/aromatic N) is 3. The van der Waals surface area contributed by atoms with Gasteiger partial charge in [-0.1, -0.05) is 78.9 Å². The van der Waals surface area contributed by atoms with Gasteiger partial charge in [-0.25, -0.2) is 4.98 Å². The number of carbonyl (C=O) groups excluding carboxylic acids is 1. The van der Waals surface area contributed by atoms with E-state index in [0.29, 0.717) is 42.3 Å². The van der Waals surface area contributed by atoms with Gasteiger partial charge in [-0.2, -0.15) is 4.99 Å². The van der Waals surface area contributed by atoms with Crippen LogP contribution in [-0.2, 0) is 4.79 Å². The fourth-order valence-electron chi connectivity index (χ4n) is 4.79. The minimum Gasteiger partial charge on any atom is -0.457 e.